The molecule has 2 aromatic rings. The average molecular weight is 491 g/mol. The fraction of sp³-hybridized carbons (Fsp3) is 0.440. The molecule has 0 aromatic heterocycles. The Morgan fingerprint density at radius 2 is 1.71 bits per heavy atom. The van der Waals surface area contributed by atoms with Crippen LogP contribution in [0.1, 0.15) is 36.4 Å². The number of ether oxygens (including phenoxy) is 1. The minimum Gasteiger partial charge on any atom is -0.406 e. The predicted octanol–water partition coefficient (Wildman–Crippen LogP) is 3.86. The van der Waals surface area contributed by atoms with Gasteiger partial charge in [-0.2, -0.15) is 0 Å². The first-order valence-corrected chi connectivity index (χ1v) is 11.7. The zero-order valence-corrected chi connectivity index (χ0v) is 19.5. The molecule has 2 aliphatic heterocycles. The monoisotopic (exact) mass is 490 g/mol. The van der Waals surface area contributed by atoms with Gasteiger partial charge >= 0.3 is 18.2 Å². The van der Waals surface area contributed by atoms with Gasteiger partial charge in [0.2, 0.25) is 0 Å². The van der Waals surface area contributed by atoms with Gasteiger partial charge in [-0.3, -0.25) is 14.5 Å². The summed E-state index contributed by atoms with van der Waals surface area (Å²) < 4.78 is 40.7. The third-order valence-electron chi connectivity index (χ3n) is 6.43. The SMILES string of the molecule is CN1CCCc2cc(C(CNC(=O)C(=O)Nc3ccc(OC(F)(F)F)cc3)N3CCCC3)ccc21. The minimum absolute atomic E-state index is 0.0504. The summed E-state index contributed by atoms with van der Waals surface area (Å²) in [5, 5.41) is 5.14. The van der Waals surface area contributed by atoms with Gasteiger partial charge in [-0.05, 0) is 80.2 Å². The van der Waals surface area contributed by atoms with Crippen molar-refractivity contribution in [1.29, 1.82) is 0 Å². The third-order valence-corrected chi connectivity index (χ3v) is 6.43. The van der Waals surface area contributed by atoms with Crippen LogP contribution in [0, 0.1) is 0 Å². The van der Waals surface area contributed by atoms with Crippen LogP contribution in [-0.2, 0) is 16.0 Å². The Hall–Kier alpha value is -3.27. The molecule has 7 nitrogen and oxygen atoms in total. The normalized spacial score (nSPS) is 17.0. The molecular formula is C25H29F3N4O3. The summed E-state index contributed by atoms with van der Waals surface area (Å²) in [5.74, 6) is -2.10. The van der Waals surface area contributed by atoms with Crippen molar-refractivity contribution < 1.29 is 27.5 Å². The molecule has 1 fully saturated rings. The molecule has 2 aromatic carbocycles. The number of carbonyl (C=O) groups is 2. The van der Waals surface area contributed by atoms with Crippen LogP contribution < -0.4 is 20.3 Å². The molecule has 2 amide bonds. The Bertz CT molecular complexity index is 1050. The summed E-state index contributed by atoms with van der Waals surface area (Å²) >= 11 is 0. The van der Waals surface area contributed by atoms with E-state index >= 15 is 0 Å². The summed E-state index contributed by atoms with van der Waals surface area (Å²) in [5.41, 5.74) is 3.83. The van der Waals surface area contributed by atoms with Crippen LogP contribution in [0.3, 0.4) is 0 Å². The molecule has 35 heavy (non-hydrogen) atoms. The molecule has 2 aliphatic rings. The van der Waals surface area contributed by atoms with Crippen LogP contribution in [0.5, 0.6) is 5.75 Å². The van der Waals surface area contributed by atoms with Gasteiger partial charge in [-0.15, -0.1) is 13.2 Å². The second-order valence-electron chi connectivity index (χ2n) is 8.91. The molecular weight excluding hydrogens is 461 g/mol. The van der Waals surface area contributed by atoms with Gasteiger partial charge in [0, 0.05) is 31.5 Å². The number of nitrogens with zero attached hydrogens (tertiary/aromatic N) is 2. The van der Waals surface area contributed by atoms with Gasteiger partial charge in [0.1, 0.15) is 5.75 Å². The highest BCUT2D eigenvalue weighted by atomic mass is 19.4. The van der Waals surface area contributed by atoms with Crippen LogP contribution in [0.15, 0.2) is 42.5 Å². The number of hydrogen-bond donors (Lipinski definition) is 2. The average Bonchev–Trinajstić information content (AvgIpc) is 3.34. The molecule has 0 saturated carbocycles. The zero-order chi connectivity index (χ0) is 25.0. The summed E-state index contributed by atoms with van der Waals surface area (Å²) in [6.45, 7) is 3.16. The van der Waals surface area contributed by atoms with Gasteiger partial charge in [-0.1, -0.05) is 12.1 Å². The van der Waals surface area contributed by atoms with Crippen LogP contribution >= 0.6 is 0 Å². The maximum absolute atomic E-state index is 12.5. The van der Waals surface area contributed by atoms with Crippen molar-refractivity contribution in [1.82, 2.24) is 10.2 Å². The number of fused-ring (bicyclic) bond motifs is 1. The van der Waals surface area contributed by atoms with E-state index in [-0.39, 0.29) is 18.3 Å². The van der Waals surface area contributed by atoms with E-state index in [2.05, 4.69) is 50.4 Å². The molecule has 188 valence electrons. The van der Waals surface area contributed by atoms with E-state index < -0.39 is 23.9 Å². The topological polar surface area (TPSA) is 73.9 Å². The molecule has 1 saturated heterocycles. The predicted molar refractivity (Wildman–Crippen MR) is 126 cm³/mol. The lowest BCUT2D eigenvalue weighted by molar-refractivity contribution is -0.274. The number of hydrogen-bond acceptors (Lipinski definition) is 5. The van der Waals surface area contributed by atoms with E-state index in [1.165, 1.54) is 23.4 Å². The fourth-order valence-electron chi connectivity index (χ4n) is 4.72. The highest BCUT2D eigenvalue weighted by Crippen LogP contribution is 2.32. The number of carbonyl (C=O) groups excluding carboxylic acids is 2. The zero-order valence-electron chi connectivity index (χ0n) is 19.5. The van der Waals surface area contributed by atoms with Gasteiger partial charge in [0.15, 0.2) is 0 Å². The number of rotatable bonds is 6. The second kappa shape index (κ2) is 10.6. The van der Waals surface area contributed by atoms with E-state index in [1.54, 1.807) is 0 Å². The molecule has 0 spiro atoms. The van der Waals surface area contributed by atoms with Crippen LogP contribution in [0.2, 0.25) is 0 Å². The Morgan fingerprint density at radius 3 is 2.40 bits per heavy atom. The molecule has 2 heterocycles. The lowest BCUT2D eigenvalue weighted by Gasteiger charge is -2.31. The number of alkyl halides is 3. The van der Waals surface area contributed by atoms with E-state index in [9.17, 15) is 22.8 Å². The standard InChI is InChI=1S/C25H29F3N4O3/c1-31-12-4-5-17-15-18(6-11-21(17)31)22(32-13-2-3-14-32)16-29-23(33)24(34)30-19-7-9-20(10-8-19)35-25(26,27)28/h6-11,15,22H,2-5,12-14,16H2,1H3,(H,29,33)(H,30,34). The van der Waals surface area contributed by atoms with Gasteiger partial charge < -0.3 is 20.3 Å². The quantitative estimate of drug-likeness (QED) is 0.602. The number of halogens is 3. The Kier molecular flexibility index (Phi) is 7.49. The Labute approximate surface area is 202 Å². The smallest absolute Gasteiger partial charge is 0.406 e. The summed E-state index contributed by atoms with van der Waals surface area (Å²) in [4.78, 5) is 29.5. The highest BCUT2D eigenvalue weighted by molar-refractivity contribution is 6.39. The van der Waals surface area contributed by atoms with Crippen molar-refractivity contribution in [3.8, 4) is 5.75 Å². The van der Waals surface area contributed by atoms with E-state index in [1.807, 2.05) is 0 Å². The van der Waals surface area contributed by atoms with Crippen molar-refractivity contribution in [3.05, 3.63) is 53.6 Å². The number of benzene rings is 2. The lowest BCUT2D eigenvalue weighted by Crippen LogP contribution is -2.41. The maximum Gasteiger partial charge on any atom is 0.573 e. The Morgan fingerprint density at radius 1 is 1.00 bits per heavy atom. The van der Waals surface area contributed by atoms with Crippen molar-refractivity contribution in [3.63, 3.8) is 0 Å². The number of likely N-dealkylation sites (tertiary alicyclic amines) is 1. The molecule has 0 bridgehead atoms. The summed E-state index contributed by atoms with van der Waals surface area (Å²) in [6, 6.07) is 11.0. The summed E-state index contributed by atoms with van der Waals surface area (Å²) in [6.07, 6.45) is -0.507. The first kappa shape index (κ1) is 24.8. The third kappa shape index (κ3) is 6.45. The number of nitrogens with one attached hydrogen (secondary N) is 2. The van der Waals surface area contributed by atoms with Crippen LogP contribution in [0.25, 0.3) is 0 Å². The number of aryl methyl sites for hydroxylation is 1. The Balaban J connectivity index is 1.39. The number of amides is 2. The van der Waals surface area contributed by atoms with E-state index in [4.69, 9.17) is 0 Å². The second-order valence-corrected chi connectivity index (χ2v) is 8.91. The minimum atomic E-state index is -4.80. The molecule has 0 aliphatic carbocycles. The van der Waals surface area contributed by atoms with Crippen LogP contribution in [-0.4, -0.2) is 56.3 Å². The largest absolute Gasteiger partial charge is 0.573 e. The molecule has 2 N–H and O–H groups in total. The summed E-state index contributed by atoms with van der Waals surface area (Å²) in [7, 11) is 2.09. The van der Waals surface area contributed by atoms with E-state index in [0.29, 0.717) is 0 Å². The van der Waals surface area contributed by atoms with Gasteiger partial charge in [-0.25, -0.2) is 0 Å². The van der Waals surface area contributed by atoms with Crippen molar-refractivity contribution in [2.75, 3.05) is 43.4 Å². The lowest BCUT2D eigenvalue weighted by atomic mass is 9.96. The van der Waals surface area contributed by atoms with Crippen molar-refractivity contribution >= 4 is 23.2 Å². The molecule has 4 rings (SSSR count). The molecule has 10 heteroatoms. The molecule has 1 unspecified atom stereocenters. The first-order valence-electron chi connectivity index (χ1n) is 11.7. The van der Waals surface area contributed by atoms with Gasteiger partial charge in [0.25, 0.3) is 0 Å². The molecule has 1 atom stereocenters. The highest BCUT2D eigenvalue weighted by Gasteiger charge is 2.31. The van der Waals surface area contributed by atoms with Crippen molar-refractivity contribution in [2.24, 2.45) is 0 Å². The van der Waals surface area contributed by atoms with Gasteiger partial charge in [0.05, 0.1) is 6.04 Å². The number of anilines is 2. The molecule has 0 radical (unpaired) electrons. The first-order chi connectivity index (χ1) is 16.7. The maximum atomic E-state index is 12.5. The van der Waals surface area contributed by atoms with E-state index in [0.717, 1.165) is 63.0 Å². The van der Waals surface area contributed by atoms with Crippen LogP contribution in [0.4, 0.5) is 24.5 Å². The van der Waals surface area contributed by atoms with Crippen molar-refractivity contribution in [2.45, 2.75) is 38.1 Å². The fourth-order valence-corrected chi connectivity index (χ4v) is 4.72.